The number of hydrogen-bond acceptors (Lipinski definition) is 0. The van der Waals surface area contributed by atoms with Crippen LogP contribution in [0.1, 0.15) is 0 Å². The molecule has 0 aliphatic heterocycles. The van der Waals surface area contributed by atoms with Crippen molar-refractivity contribution in [1.29, 1.82) is 0 Å². The van der Waals surface area contributed by atoms with E-state index in [-0.39, 0.29) is 0 Å². The number of rotatable bonds is 2. The third-order valence-electron chi connectivity index (χ3n) is 3.23. The first-order valence-electron chi connectivity index (χ1n) is 6.35. The van der Waals surface area contributed by atoms with E-state index in [0.717, 1.165) is 0 Å². The SMILES string of the molecule is Ic1ccccc1-c1cccc(-c2ccccc2I)c1. The molecule has 0 amide bonds. The van der Waals surface area contributed by atoms with E-state index in [1.54, 1.807) is 0 Å². The van der Waals surface area contributed by atoms with Gasteiger partial charge < -0.3 is 0 Å². The van der Waals surface area contributed by atoms with Crippen LogP contribution in [0.3, 0.4) is 0 Å². The quantitative estimate of drug-likeness (QED) is 0.380. The highest BCUT2D eigenvalue weighted by molar-refractivity contribution is 14.1. The molecule has 3 rings (SSSR count). The Bertz CT molecular complexity index is 687. The Morgan fingerprint density at radius 3 is 1.40 bits per heavy atom. The van der Waals surface area contributed by atoms with Gasteiger partial charge in [0.1, 0.15) is 0 Å². The van der Waals surface area contributed by atoms with E-state index in [2.05, 4.69) is 118 Å². The van der Waals surface area contributed by atoms with E-state index in [1.165, 1.54) is 29.4 Å². The number of hydrogen-bond donors (Lipinski definition) is 0. The fourth-order valence-corrected chi connectivity index (χ4v) is 3.64. The molecular formula is C18H12I2. The van der Waals surface area contributed by atoms with Crippen molar-refractivity contribution in [2.45, 2.75) is 0 Å². The van der Waals surface area contributed by atoms with Crippen LogP contribution in [-0.2, 0) is 0 Å². The third kappa shape index (κ3) is 2.91. The minimum absolute atomic E-state index is 1.27. The lowest BCUT2D eigenvalue weighted by atomic mass is 9.99. The van der Waals surface area contributed by atoms with Gasteiger partial charge in [0.15, 0.2) is 0 Å². The first kappa shape index (κ1) is 14.1. The molecule has 98 valence electrons. The third-order valence-corrected chi connectivity index (χ3v) is 5.11. The zero-order valence-corrected chi connectivity index (χ0v) is 15.0. The van der Waals surface area contributed by atoms with Crippen molar-refractivity contribution in [1.82, 2.24) is 0 Å². The van der Waals surface area contributed by atoms with E-state index in [4.69, 9.17) is 0 Å². The summed E-state index contributed by atoms with van der Waals surface area (Å²) in [5.41, 5.74) is 5.13. The predicted molar refractivity (Wildman–Crippen MR) is 103 cm³/mol. The van der Waals surface area contributed by atoms with Gasteiger partial charge in [0.25, 0.3) is 0 Å². The summed E-state index contributed by atoms with van der Waals surface area (Å²) in [4.78, 5) is 0. The maximum Gasteiger partial charge on any atom is 0.0208 e. The van der Waals surface area contributed by atoms with Gasteiger partial charge in [-0.25, -0.2) is 0 Å². The van der Waals surface area contributed by atoms with Gasteiger partial charge in [-0.05, 0) is 85.6 Å². The summed E-state index contributed by atoms with van der Waals surface area (Å²) in [6.07, 6.45) is 0. The molecule has 0 bridgehead atoms. The Labute approximate surface area is 146 Å². The Morgan fingerprint density at radius 2 is 0.950 bits per heavy atom. The highest BCUT2D eigenvalue weighted by atomic mass is 127. The molecule has 0 aliphatic rings. The second-order valence-corrected chi connectivity index (χ2v) is 6.86. The van der Waals surface area contributed by atoms with Crippen molar-refractivity contribution in [2.75, 3.05) is 0 Å². The topological polar surface area (TPSA) is 0 Å². The number of halogens is 2. The molecular weight excluding hydrogens is 470 g/mol. The normalized spacial score (nSPS) is 10.5. The van der Waals surface area contributed by atoms with Crippen molar-refractivity contribution in [3.8, 4) is 22.3 Å². The molecule has 0 unspecified atom stereocenters. The van der Waals surface area contributed by atoms with E-state index >= 15 is 0 Å². The molecule has 0 atom stereocenters. The monoisotopic (exact) mass is 482 g/mol. The molecule has 0 aromatic heterocycles. The summed E-state index contributed by atoms with van der Waals surface area (Å²) >= 11 is 4.79. The Kier molecular flexibility index (Phi) is 4.41. The highest BCUT2D eigenvalue weighted by Crippen LogP contribution is 2.31. The second-order valence-electron chi connectivity index (χ2n) is 4.54. The van der Waals surface area contributed by atoms with Gasteiger partial charge in [0.2, 0.25) is 0 Å². The molecule has 0 radical (unpaired) electrons. The molecule has 0 N–H and O–H groups in total. The average molecular weight is 482 g/mol. The van der Waals surface area contributed by atoms with Crippen molar-refractivity contribution in [3.05, 3.63) is 79.9 Å². The van der Waals surface area contributed by atoms with Crippen LogP contribution in [0, 0.1) is 7.14 Å². The molecule has 0 nitrogen and oxygen atoms in total. The zero-order chi connectivity index (χ0) is 13.9. The summed E-state index contributed by atoms with van der Waals surface area (Å²) in [7, 11) is 0. The van der Waals surface area contributed by atoms with Crippen molar-refractivity contribution < 1.29 is 0 Å². The van der Waals surface area contributed by atoms with Crippen LogP contribution in [0.15, 0.2) is 72.8 Å². The first-order chi connectivity index (χ1) is 9.75. The molecule has 3 aromatic carbocycles. The Balaban J connectivity index is 2.12. The van der Waals surface area contributed by atoms with Crippen LogP contribution in [-0.4, -0.2) is 0 Å². The summed E-state index contributed by atoms with van der Waals surface area (Å²) in [6.45, 7) is 0. The van der Waals surface area contributed by atoms with Crippen LogP contribution < -0.4 is 0 Å². The first-order valence-corrected chi connectivity index (χ1v) is 8.51. The molecule has 0 spiro atoms. The molecule has 0 heterocycles. The predicted octanol–water partition coefficient (Wildman–Crippen LogP) is 6.23. The lowest BCUT2D eigenvalue weighted by Gasteiger charge is -2.09. The largest absolute Gasteiger partial charge is 0.0616 e. The molecule has 0 saturated heterocycles. The lowest BCUT2D eigenvalue weighted by molar-refractivity contribution is 1.55. The maximum absolute atomic E-state index is 2.40. The van der Waals surface area contributed by atoms with Gasteiger partial charge in [0, 0.05) is 7.14 Å². The highest BCUT2D eigenvalue weighted by Gasteiger charge is 2.06. The van der Waals surface area contributed by atoms with Crippen molar-refractivity contribution in [3.63, 3.8) is 0 Å². The van der Waals surface area contributed by atoms with Gasteiger partial charge in [-0.3, -0.25) is 0 Å². The zero-order valence-electron chi connectivity index (χ0n) is 10.7. The molecule has 3 aromatic rings. The van der Waals surface area contributed by atoms with Gasteiger partial charge in [-0.15, -0.1) is 0 Å². The molecule has 20 heavy (non-hydrogen) atoms. The van der Waals surface area contributed by atoms with Crippen LogP contribution in [0.25, 0.3) is 22.3 Å². The maximum atomic E-state index is 2.40. The minimum Gasteiger partial charge on any atom is -0.0616 e. The fraction of sp³-hybridized carbons (Fsp3) is 0. The Hall–Kier alpha value is -0.880. The van der Waals surface area contributed by atoms with E-state index in [9.17, 15) is 0 Å². The smallest absolute Gasteiger partial charge is 0.0208 e. The van der Waals surface area contributed by atoms with Gasteiger partial charge in [-0.1, -0.05) is 54.6 Å². The van der Waals surface area contributed by atoms with E-state index in [0.29, 0.717) is 0 Å². The Morgan fingerprint density at radius 1 is 0.500 bits per heavy atom. The van der Waals surface area contributed by atoms with Gasteiger partial charge in [0.05, 0.1) is 0 Å². The van der Waals surface area contributed by atoms with Crippen molar-refractivity contribution >= 4 is 45.2 Å². The van der Waals surface area contributed by atoms with Crippen LogP contribution in [0.4, 0.5) is 0 Å². The van der Waals surface area contributed by atoms with Crippen LogP contribution in [0.2, 0.25) is 0 Å². The van der Waals surface area contributed by atoms with Crippen LogP contribution in [0.5, 0.6) is 0 Å². The molecule has 0 aliphatic carbocycles. The van der Waals surface area contributed by atoms with E-state index < -0.39 is 0 Å². The molecule has 0 saturated carbocycles. The summed E-state index contributed by atoms with van der Waals surface area (Å²) in [5, 5.41) is 0. The van der Waals surface area contributed by atoms with Gasteiger partial charge in [-0.2, -0.15) is 0 Å². The number of benzene rings is 3. The molecule has 2 heteroatoms. The molecule has 0 fully saturated rings. The van der Waals surface area contributed by atoms with Gasteiger partial charge >= 0.3 is 0 Å². The summed E-state index contributed by atoms with van der Waals surface area (Å²) in [5.74, 6) is 0. The summed E-state index contributed by atoms with van der Waals surface area (Å²) < 4.78 is 2.56. The second kappa shape index (κ2) is 6.26. The fourth-order valence-electron chi connectivity index (χ4n) is 2.24. The minimum atomic E-state index is 1.27. The lowest BCUT2D eigenvalue weighted by Crippen LogP contribution is -1.85. The van der Waals surface area contributed by atoms with E-state index in [1.807, 2.05) is 0 Å². The average Bonchev–Trinajstić information content (AvgIpc) is 2.48. The van der Waals surface area contributed by atoms with Crippen LogP contribution >= 0.6 is 45.2 Å². The standard InChI is InChI=1S/C18H12I2/c19-17-10-3-1-8-15(17)13-6-5-7-14(12-13)16-9-2-4-11-18(16)20/h1-12H. The summed E-state index contributed by atoms with van der Waals surface area (Å²) in [6, 6.07) is 25.8. The van der Waals surface area contributed by atoms with Crippen molar-refractivity contribution in [2.24, 2.45) is 0 Å².